The van der Waals surface area contributed by atoms with Gasteiger partial charge in [0.2, 0.25) is 0 Å². The molecule has 4 aromatic rings. The van der Waals surface area contributed by atoms with Gasteiger partial charge in [-0.15, -0.1) is 0 Å². The van der Waals surface area contributed by atoms with E-state index >= 15 is 0 Å². The van der Waals surface area contributed by atoms with Gasteiger partial charge < -0.3 is 10.1 Å². The van der Waals surface area contributed by atoms with Gasteiger partial charge in [0.25, 0.3) is 0 Å². The number of rotatable bonds is 5. The molecule has 0 saturated heterocycles. The maximum atomic E-state index is 14.7. The molecule has 11 heteroatoms. The molecule has 2 atom stereocenters. The Bertz CT molecular complexity index is 1730. The van der Waals surface area contributed by atoms with Crippen molar-refractivity contribution in [3.05, 3.63) is 101 Å². The Morgan fingerprint density at radius 3 is 2.46 bits per heavy atom. The summed E-state index contributed by atoms with van der Waals surface area (Å²) in [6, 6.07) is 18.0. The Morgan fingerprint density at radius 1 is 0.978 bits per heavy atom. The van der Waals surface area contributed by atoms with Crippen LogP contribution in [-0.4, -0.2) is 42.7 Å². The number of anilines is 2. The summed E-state index contributed by atoms with van der Waals surface area (Å²) in [5, 5.41) is 3.74. The highest BCUT2D eigenvalue weighted by atomic mass is 35.5. The van der Waals surface area contributed by atoms with Crippen LogP contribution in [0.15, 0.2) is 79.0 Å². The molecule has 2 heterocycles. The number of aromatic nitrogens is 1. The lowest BCUT2D eigenvalue weighted by molar-refractivity contribution is -0.172. The average Bonchev–Trinajstić information content (AvgIpc) is 3.03. The molecule has 0 saturated carbocycles. The fraction of sp³-hybridized carbons (Fsp3) is 0.286. The predicted molar refractivity (Wildman–Crippen MR) is 170 cm³/mol. The number of fused-ring (bicyclic) bond motifs is 4. The van der Waals surface area contributed by atoms with Crippen molar-refractivity contribution >= 4 is 34.9 Å². The summed E-state index contributed by atoms with van der Waals surface area (Å²) in [6.45, 7) is 1.45. The van der Waals surface area contributed by atoms with E-state index in [0.29, 0.717) is 34.7 Å². The fourth-order valence-electron chi connectivity index (χ4n) is 5.93. The number of hydrogen-bond acceptors (Lipinski definition) is 5. The highest BCUT2D eigenvalue weighted by Crippen LogP contribution is 2.40. The number of pyridine rings is 1. The Morgan fingerprint density at radius 2 is 1.76 bits per heavy atom. The molecule has 0 spiro atoms. The Labute approximate surface area is 269 Å². The van der Waals surface area contributed by atoms with Gasteiger partial charge in [0.05, 0.1) is 12.3 Å². The van der Waals surface area contributed by atoms with E-state index in [0.717, 1.165) is 46.3 Å². The lowest BCUT2D eigenvalue weighted by Crippen LogP contribution is -2.51. The largest absolute Gasteiger partial charge is 0.471 e. The van der Waals surface area contributed by atoms with E-state index in [-0.39, 0.29) is 30.2 Å². The molecule has 46 heavy (non-hydrogen) atoms. The van der Waals surface area contributed by atoms with Gasteiger partial charge in [-0.1, -0.05) is 54.8 Å². The van der Waals surface area contributed by atoms with Crippen LogP contribution in [0.3, 0.4) is 0 Å². The van der Waals surface area contributed by atoms with Gasteiger partial charge >= 0.3 is 18.1 Å². The smallest absolute Gasteiger partial charge is 0.464 e. The van der Waals surface area contributed by atoms with E-state index in [1.165, 1.54) is 6.92 Å². The Hall–Kier alpha value is -4.44. The lowest BCUT2D eigenvalue weighted by Gasteiger charge is -2.33. The first-order valence-electron chi connectivity index (χ1n) is 14.9. The van der Waals surface area contributed by atoms with Crippen LogP contribution in [0.5, 0.6) is 0 Å². The summed E-state index contributed by atoms with van der Waals surface area (Å²) < 4.78 is 61.9. The van der Waals surface area contributed by atoms with Crippen LogP contribution in [0, 0.1) is 5.82 Å². The van der Waals surface area contributed by atoms with Crippen LogP contribution in [0.2, 0.25) is 5.02 Å². The number of hydrogen-bond donors (Lipinski definition) is 1. The normalized spacial score (nSPS) is 16.9. The van der Waals surface area contributed by atoms with E-state index < -0.39 is 29.9 Å². The molecule has 5 rings (SSSR count). The second-order valence-corrected chi connectivity index (χ2v) is 11.4. The van der Waals surface area contributed by atoms with Crippen LogP contribution in [0.4, 0.5) is 28.9 Å². The van der Waals surface area contributed by atoms with Crippen molar-refractivity contribution in [3.8, 4) is 22.3 Å². The first kappa shape index (κ1) is 32.9. The van der Waals surface area contributed by atoms with Gasteiger partial charge in [-0.25, -0.2) is 9.18 Å². The number of alkyl halides is 3. The van der Waals surface area contributed by atoms with E-state index in [4.69, 9.17) is 21.3 Å². The summed E-state index contributed by atoms with van der Waals surface area (Å²) in [6.07, 6.45) is -2.25. The molecule has 1 N–H and O–H groups in total. The zero-order valence-corrected chi connectivity index (χ0v) is 26.0. The molecular formula is C35H32ClF4N3O3. The number of carbonyl (C=O) groups is 2. The predicted octanol–water partition coefficient (Wildman–Crippen LogP) is 8.78. The molecular weight excluding hydrogens is 622 g/mol. The van der Waals surface area contributed by atoms with Gasteiger partial charge in [0, 0.05) is 52.3 Å². The number of nitrogens with one attached hydrogen (secondary N) is 1. The van der Waals surface area contributed by atoms with Crippen LogP contribution < -0.4 is 10.2 Å². The lowest BCUT2D eigenvalue weighted by atomic mass is 9.86. The number of amides is 1. The third kappa shape index (κ3) is 7.02. The average molecular weight is 654 g/mol. The Kier molecular flexibility index (Phi) is 9.96. The fourth-order valence-corrected chi connectivity index (χ4v) is 6.11. The zero-order chi connectivity index (χ0) is 33.0. The number of nitrogens with zero attached hydrogens (tertiary/aromatic N) is 2. The van der Waals surface area contributed by atoms with Crippen molar-refractivity contribution in [2.24, 2.45) is 0 Å². The van der Waals surface area contributed by atoms with Crippen LogP contribution in [0.25, 0.3) is 22.3 Å². The second kappa shape index (κ2) is 13.9. The van der Waals surface area contributed by atoms with E-state index in [9.17, 15) is 27.2 Å². The minimum absolute atomic E-state index is 0.0388. The number of benzene rings is 3. The van der Waals surface area contributed by atoms with Gasteiger partial charge in [0.1, 0.15) is 11.9 Å². The highest BCUT2D eigenvalue weighted by molar-refractivity contribution is 6.31. The molecule has 1 amide bonds. The summed E-state index contributed by atoms with van der Waals surface area (Å²) in [5.41, 5.74) is 4.40. The van der Waals surface area contributed by atoms with Crippen molar-refractivity contribution in [1.29, 1.82) is 0 Å². The molecule has 0 radical (unpaired) electrons. The summed E-state index contributed by atoms with van der Waals surface area (Å²) >= 11 is 6.27. The molecule has 3 aromatic carbocycles. The van der Waals surface area contributed by atoms with Gasteiger partial charge in [-0.05, 0) is 73.4 Å². The standard InChI is InChI=1S/C35H32ClF4N3O3/c1-3-46-33(44)32-10-5-4-9-26(30-14-11-23(20-42-30)27-18-24(36)12-15-29(27)41-2)21-7-6-8-22(17-21)28-19-25(37)13-16-31(28)43(32)34(45)35(38,39)40/h6-8,11-20,26,32,41H,3-5,9-10H2,1-2H3. The van der Waals surface area contributed by atoms with E-state index in [1.807, 2.05) is 37.4 Å². The maximum absolute atomic E-state index is 14.7. The van der Waals surface area contributed by atoms with Crippen molar-refractivity contribution < 1.29 is 31.9 Å². The first-order chi connectivity index (χ1) is 22.0. The van der Waals surface area contributed by atoms with Crippen LogP contribution in [0.1, 0.15) is 49.8 Å². The molecule has 1 aromatic heterocycles. The zero-order valence-electron chi connectivity index (χ0n) is 25.2. The first-order valence-corrected chi connectivity index (χ1v) is 15.3. The second-order valence-electron chi connectivity index (χ2n) is 11.0. The Balaban J connectivity index is 1.63. The third-order valence-corrected chi connectivity index (χ3v) is 8.31. The van der Waals surface area contributed by atoms with Crippen LogP contribution in [-0.2, 0) is 14.3 Å². The molecule has 1 aliphatic rings. The van der Waals surface area contributed by atoms with E-state index in [1.54, 1.807) is 30.5 Å². The van der Waals surface area contributed by atoms with Gasteiger partial charge in [-0.3, -0.25) is 14.7 Å². The number of esters is 1. The molecule has 2 unspecified atom stereocenters. The molecule has 0 aliphatic carbocycles. The number of halogens is 5. The van der Waals surface area contributed by atoms with Crippen LogP contribution >= 0.6 is 11.6 Å². The quantitative estimate of drug-likeness (QED) is 0.172. The summed E-state index contributed by atoms with van der Waals surface area (Å²) in [7, 11) is 1.82. The minimum Gasteiger partial charge on any atom is -0.464 e. The number of ether oxygens (including phenoxy) is 1. The third-order valence-electron chi connectivity index (χ3n) is 8.08. The van der Waals surface area contributed by atoms with Gasteiger partial charge in [-0.2, -0.15) is 13.2 Å². The van der Waals surface area contributed by atoms with Crippen molar-refractivity contribution in [1.82, 2.24) is 4.98 Å². The van der Waals surface area contributed by atoms with E-state index in [2.05, 4.69) is 5.32 Å². The highest BCUT2D eigenvalue weighted by Gasteiger charge is 2.48. The monoisotopic (exact) mass is 653 g/mol. The molecule has 1 aliphatic heterocycles. The molecule has 2 bridgehead atoms. The van der Waals surface area contributed by atoms with Crippen molar-refractivity contribution in [2.75, 3.05) is 23.9 Å². The molecule has 0 fully saturated rings. The van der Waals surface area contributed by atoms with Crippen molar-refractivity contribution in [2.45, 2.75) is 50.7 Å². The summed E-state index contributed by atoms with van der Waals surface area (Å²) in [5.74, 6) is -4.12. The van der Waals surface area contributed by atoms with Crippen molar-refractivity contribution in [3.63, 3.8) is 0 Å². The topological polar surface area (TPSA) is 71.5 Å². The maximum Gasteiger partial charge on any atom is 0.471 e. The summed E-state index contributed by atoms with van der Waals surface area (Å²) in [4.78, 5) is 31.3. The number of carbonyl (C=O) groups excluding carboxylic acids is 2. The SMILES string of the molecule is CCOC(=O)C1CCCCC(c2ccc(-c3cc(Cl)ccc3NC)cn2)c2cccc(c2)-c2cc(F)ccc2N1C(=O)C(F)(F)F. The molecule has 240 valence electrons. The molecule has 6 nitrogen and oxygen atoms in total. The van der Waals surface area contributed by atoms with Gasteiger partial charge in [0.15, 0.2) is 0 Å². The minimum atomic E-state index is -5.29.